The Hall–Kier alpha value is -4.56. The van der Waals surface area contributed by atoms with E-state index in [9.17, 15) is 9.90 Å². The van der Waals surface area contributed by atoms with E-state index < -0.39 is 0 Å². The van der Waals surface area contributed by atoms with Crippen molar-refractivity contribution in [2.75, 3.05) is 62.2 Å². The van der Waals surface area contributed by atoms with Gasteiger partial charge in [-0.3, -0.25) is 9.69 Å². The summed E-state index contributed by atoms with van der Waals surface area (Å²) in [5.74, 6) is 1.20. The number of amides is 1. The highest BCUT2D eigenvalue weighted by atomic mass is 19.1. The minimum absolute atomic E-state index is 0.0277. The lowest BCUT2D eigenvalue weighted by Gasteiger charge is -2.40. The summed E-state index contributed by atoms with van der Waals surface area (Å²) in [7, 11) is 0. The van der Waals surface area contributed by atoms with Gasteiger partial charge in [0.2, 0.25) is 6.41 Å². The second kappa shape index (κ2) is 14.5. The molecular formula is C41H47FN4O3. The number of ether oxygens (including phenoxy) is 1. The van der Waals surface area contributed by atoms with E-state index in [2.05, 4.69) is 82.4 Å². The number of fused-ring (bicyclic) bond motifs is 1. The van der Waals surface area contributed by atoms with E-state index in [1.807, 2.05) is 12.1 Å². The Labute approximate surface area is 289 Å². The highest BCUT2D eigenvalue weighted by Gasteiger charge is 2.35. The minimum atomic E-state index is -0.178. The molecule has 0 aromatic heterocycles. The summed E-state index contributed by atoms with van der Waals surface area (Å²) >= 11 is 0. The van der Waals surface area contributed by atoms with Gasteiger partial charge >= 0.3 is 0 Å². The number of aryl methyl sites for hydroxylation is 2. The fourth-order valence-electron chi connectivity index (χ4n) is 8.08. The average molecular weight is 663 g/mol. The quantitative estimate of drug-likeness (QED) is 0.194. The number of anilines is 2. The van der Waals surface area contributed by atoms with Crippen LogP contribution in [0.3, 0.4) is 0 Å². The molecule has 3 aliphatic rings. The number of halogens is 1. The van der Waals surface area contributed by atoms with Gasteiger partial charge in [0, 0.05) is 81.5 Å². The Morgan fingerprint density at radius 3 is 2.45 bits per heavy atom. The van der Waals surface area contributed by atoms with Crippen LogP contribution in [0.5, 0.6) is 11.5 Å². The van der Waals surface area contributed by atoms with Gasteiger partial charge in [-0.05, 0) is 85.2 Å². The van der Waals surface area contributed by atoms with Gasteiger partial charge in [0.15, 0.2) is 0 Å². The second-order valence-corrected chi connectivity index (χ2v) is 14.1. The van der Waals surface area contributed by atoms with Crippen molar-refractivity contribution >= 4 is 17.8 Å². The smallest absolute Gasteiger partial charge is 0.207 e. The summed E-state index contributed by atoms with van der Waals surface area (Å²) in [5, 5.41) is 12.9. The molecule has 7 nitrogen and oxygen atoms in total. The Bertz CT molecular complexity index is 1780. The van der Waals surface area contributed by atoms with Crippen molar-refractivity contribution in [2.24, 2.45) is 5.92 Å². The number of phenolic OH excluding ortho intramolecular Hbond substituents is 1. The van der Waals surface area contributed by atoms with Crippen LogP contribution < -0.4 is 19.9 Å². The second-order valence-electron chi connectivity index (χ2n) is 14.1. The van der Waals surface area contributed by atoms with Gasteiger partial charge in [-0.25, -0.2) is 4.39 Å². The number of nitrogens with zero attached hydrogens (tertiary/aromatic N) is 3. The predicted molar refractivity (Wildman–Crippen MR) is 193 cm³/mol. The maximum absolute atomic E-state index is 16.0. The van der Waals surface area contributed by atoms with Gasteiger partial charge in [0.25, 0.3) is 0 Å². The molecule has 1 amide bonds. The first kappa shape index (κ1) is 33.0. The van der Waals surface area contributed by atoms with Gasteiger partial charge in [-0.15, -0.1) is 0 Å². The minimum Gasteiger partial charge on any atom is -0.508 e. The van der Waals surface area contributed by atoms with E-state index >= 15 is 4.39 Å². The fourth-order valence-corrected chi connectivity index (χ4v) is 8.08. The van der Waals surface area contributed by atoms with E-state index in [-0.39, 0.29) is 23.4 Å². The monoisotopic (exact) mass is 662 g/mol. The molecule has 2 saturated heterocycles. The molecule has 0 saturated carbocycles. The van der Waals surface area contributed by atoms with Crippen LogP contribution in [0.25, 0.3) is 0 Å². The third-order valence-electron chi connectivity index (χ3n) is 10.9. The molecule has 0 bridgehead atoms. The number of carbonyl (C=O) groups is 1. The highest BCUT2D eigenvalue weighted by molar-refractivity contribution is 5.56. The van der Waals surface area contributed by atoms with Gasteiger partial charge in [-0.2, -0.15) is 0 Å². The molecule has 3 heterocycles. The predicted octanol–water partition coefficient (Wildman–Crippen LogP) is 6.74. The van der Waals surface area contributed by atoms with E-state index in [0.717, 1.165) is 81.8 Å². The molecule has 2 atom stereocenters. The number of carbonyl (C=O) groups excluding carboxylic acids is 1. The first-order valence-corrected chi connectivity index (χ1v) is 17.7. The molecule has 8 heteroatoms. The third-order valence-corrected chi connectivity index (χ3v) is 10.9. The van der Waals surface area contributed by atoms with Crippen molar-refractivity contribution in [3.05, 3.63) is 118 Å². The number of benzene rings is 4. The van der Waals surface area contributed by atoms with Crippen molar-refractivity contribution < 1.29 is 19.0 Å². The molecule has 256 valence electrons. The van der Waals surface area contributed by atoms with E-state index in [4.69, 9.17) is 4.74 Å². The summed E-state index contributed by atoms with van der Waals surface area (Å²) in [5.41, 5.74) is 8.51. The normalized spacial score (nSPS) is 20.1. The Morgan fingerprint density at radius 1 is 0.878 bits per heavy atom. The van der Waals surface area contributed by atoms with Crippen LogP contribution in [0, 0.1) is 25.6 Å². The van der Waals surface area contributed by atoms with Gasteiger partial charge < -0.3 is 25.0 Å². The zero-order chi connectivity index (χ0) is 33.9. The number of piperidine rings is 1. The van der Waals surface area contributed by atoms with Crippen molar-refractivity contribution in [1.29, 1.82) is 0 Å². The molecule has 7 rings (SSSR count). The van der Waals surface area contributed by atoms with Crippen LogP contribution in [-0.2, 0) is 11.3 Å². The van der Waals surface area contributed by atoms with Crippen LogP contribution in [0.15, 0.2) is 78.9 Å². The topological polar surface area (TPSA) is 68.3 Å². The van der Waals surface area contributed by atoms with Crippen LogP contribution in [0.2, 0.25) is 0 Å². The molecule has 0 radical (unpaired) electrons. The standard InChI is InChI=1S/C41H47FN4O3/c1-28-4-3-5-31(20-28)37-26-49-40-23-35(48)9-10-36(40)41(37)32-7-11-39(38(42)22-32)46-14-12-30(13-15-46)25-44-16-18-45(19-17-44)34-8-6-29(2)33(21-34)24-43-27-47/h3-11,20-23,27,30,37,41,48H,12-19,24-26H2,1-2H3,(H,43,47). The van der Waals surface area contributed by atoms with Crippen molar-refractivity contribution in [1.82, 2.24) is 10.2 Å². The molecule has 2 N–H and O–H groups in total. The van der Waals surface area contributed by atoms with Crippen LogP contribution in [0.1, 0.15) is 58.1 Å². The lowest BCUT2D eigenvalue weighted by molar-refractivity contribution is -0.109. The molecule has 4 aromatic rings. The van der Waals surface area contributed by atoms with Crippen molar-refractivity contribution in [3.8, 4) is 11.5 Å². The largest absolute Gasteiger partial charge is 0.508 e. The van der Waals surface area contributed by atoms with Gasteiger partial charge in [0.05, 0.1) is 12.3 Å². The number of hydrogen-bond donors (Lipinski definition) is 2. The Morgan fingerprint density at radius 2 is 1.69 bits per heavy atom. The number of aromatic hydroxyl groups is 1. The molecule has 2 fully saturated rings. The van der Waals surface area contributed by atoms with Crippen LogP contribution in [0.4, 0.5) is 15.8 Å². The molecular weight excluding hydrogens is 615 g/mol. The summed E-state index contributed by atoms with van der Waals surface area (Å²) < 4.78 is 22.2. The Balaban J connectivity index is 0.976. The van der Waals surface area contributed by atoms with Crippen molar-refractivity contribution in [3.63, 3.8) is 0 Å². The zero-order valence-electron chi connectivity index (χ0n) is 28.6. The van der Waals surface area contributed by atoms with Crippen LogP contribution in [-0.4, -0.2) is 68.8 Å². The lowest BCUT2D eigenvalue weighted by atomic mass is 9.75. The lowest BCUT2D eigenvalue weighted by Crippen LogP contribution is -2.49. The van der Waals surface area contributed by atoms with E-state index in [0.29, 0.717) is 30.5 Å². The third kappa shape index (κ3) is 7.25. The molecule has 49 heavy (non-hydrogen) atoms. The molecule has 0 aliphatic carbocycles. The van der Waals surface area contributed by atoms with E-state index in [1.54, 1.807) is 18.2 Å². The summed E-state index contributed by atoms with van der Waals surface area (Å²) in [6.07, 6.45) is 2.86. The van der Waals surface area contributed by atoms with Crippen molar-refractivity contribution in [2.45, 2.75) is 45.1 Å². The van der Waals surface area contributed by atoms with Gasteiger partial charge in [0.1, 0.15) is 17.3 Å². The zero-order valence-corrected chi connectivity index (χ0v) is 28.6. The molecule has 0 spiro atoms. The summed E-state index contributed by atoms with van der Waals surface area (Å²) in [4.78, 5) is 18.0. The Kier molecular flexibility index (Phi) is 9.76. The first-order valence-electron chi connectivity index (χ1n) is 17.7. The molecule has 3 aliphatic heterocycles. The number of piperazine rings is 1. The maximum Gasteiger partial charge on any atom is 0.207 e. The average Bonchev–Trinajstić information content (AvgIpc) is 3.11. The SMILES string of the molecule is Cc1cccc(C2COc3cc(O)ccc3C2c2ccc(N3CCC(CN4CCN(c5ccc(C)c(CNC=O)c5)CC4)CC3)c(F)c2)c1. The summed E-state index contributed by atoms with van der Waals surface area (Å²) in [6, 6.07) is 26.1. The molecule has 2 unspecified atom stereocenters. The van der Waals surface area contributed by atoms with Gasteiger partial charge in [-0.1, -0.05) is 48.0 Å². The number of nitrogens with one attached hydrogen (secondary N) is 1. The fraction of sp³-hybridized carbons (Fsp3) is 0.390. The maximum atomic E-state index is 16.0. The van der Waals surface area contributed by atoms with Crippen LogP contribution >= 0.6 is 0 Å². The number of rotatable bonds is 9. The van der Waals surface area contributed by atoms with E-state index in [1.165, 1.54) is 22.4 Å². The number of hydrogen-bond acceptors (Lipinski definition) is 6. The molecule has 4 aromatic carbocycles. The number of phenols is 1. The summed E-state index contributed by atoms with van der Waals surface area (Å²) in [6.45, 7) is 12.0. The first-order chi connectivity index (χ1) is 23.9. The highest BCUT2D eigenvalue weighted by Crippen LogP contribution is 2.47.